The van der Waals surface area contributed by atoms with Gasteiger partial charge in [0.2, 0.25) is 0 Å². The first-order valence-electron chi connectivity index (χ1n) is 11.0. The largest absolute Gasteiger partial charge is 0.416 e. The molecule has 0 N–H and O–H groups in total. The maximum absolute atomic E-state index is 13.2. The lowest BCUT2D eigenvalue weighted by Gasteiger charge is -2.42. The van der Waals surface area contributed by atoms with Crippen LogP contribution in [0.1, 0.15) is 44.6 Å². The Labute approximate surface area is 187 Å². The Morgan fingerprint density at radius 2 is 1.88 bits per heavy atom. The zero-order valence-electron chi connectivity index (χ0n) is 17.9. The van der Waals surface area contributed by atoms with E-state index in [-0.39, 0.29) is 16.1 Å². The summed E-state index contributed by atoms with van der Waals surface area (Å²) in [5.41, 5.74) is -2.49. The average Bonchev–Trinajstić information content (AvgIpc) is 2.73. The predicted octanol–water partition coefficient (Wildman–Crippen LogP) is 5.28. The normalized spacial score (nSPS) is 21.2. The first kappa shape index (κ1) is 23.0. The second kappa shape index (κ2) is 8.97. The molecule has 2 aromatic rings. The number of halogens is 3. The third-order valence-corrected chi connectivity index (χ3v) is 7.75. The first-order chi connectivity index (χ1) is 15.1. The summed E-state index contributed by atoms with van der Waals surface area (Å²) in [5.74, 6) is 0.727. The number of non-ortho nitro benzene ring substituents is 1. The summed E-state index contributed by atoms with van der Waals surface area (Å²) in [6.07, 6.45) is 1.67. The fraction of sp³-hybridized carbons (Fsp3) is 0.591. The SMILES string of the molecule is CC1CN(CC2CCCCC2)CCN1c1cc(=O)c2cc(C(F)(F)F)cc([N+](=O)[O-])c2s1. The van der Waals surface area contributed by atoms with E-state index in [1.165, 1.54) is 38.2 Å². The molecule has 1 saturated carbocycles. The molecule has 0 amide bonds. The zero-order valence-corrected chi connectivity index (χ0v) is 18.7. The molecule has 0 spiro atoms. The van der Waals surface area contributed by atoms with E-state index in [0.29, 0.717) is 17.6 Å². The highest BCUT2D eigenvalue weighted by Crippen LogP contribution is 2.39. The van der Waals surface area contributed by atoms with E-state index in [2.05, 4.69) is 11.8 Å². The molecular weight excluding hydrogens is 443 g/mol. The molecule has 2 fully saturated rings. The number of nitrogens with zero attached hydrogens (tertiary/aromatic N) is 3. The zero-order chi connectivity index (χ0) is 23.0. The van der Waals surface area contributed by atoms with Gasteiger partial charge in [0, 0.05) is 49.7 Å². The Hall–Kier alpha value is -2.20. The van der Waals surface area contributed by atoms with Gasteiger partial charge in [0.15, 0.2) is 5.43 Å². The van der Waals surface area contributed by atoms with E-state index in [1.807, 2.05) is 4.90 Å². The fourth-order valence-electron chi connectivity index (χ4n) is 4.93. The van der Waals surface area contributed by atoms with Crippen molar-refractivity contribution in [3.05, 3.63) is 44.1 Å². The molecule has 6 nitrogen and oxygen atoms in total. The number of nitro benzene ring substituents is 1. The quantitative estimate of drug-likeness (QED) is 0.450. The van der Waals surface area contributed by atoms with Gasteiger partial charge in [-0.25, -0.2) is 0 Å². The lowest BCUT2D eigenvalue weighted by atomic mass is 9.88. The maximum Gasteiger partial charge on any atom is 0.416 e. The van der Waals surface area contributed by atoms with Crippen LogP contribution >= 0.6 is 11.3 Å². The van der Waals surface area contributed by atoms with Gasteiger partial charge in [0.1, 0.15) is 4.70 Å². The van der Waals surface area contributed by atoms with Crippen molar-refractivity contribution in [3.63, 3.8) is 0 Å². The lowest BCUT2D eigenvalue weighted by Crippen LogP contribution is -2.53. The number of hydrogen-bond acceptors (Lipinski definition) is 6. The summed E-state index contributed by atoms with van der Waals surface area (Å²) in [7, 11) is 0. The van der Waals surface area contributed by atoms with Crippen LogP contribution in [0, 0.1) is 16.0 Å². The van der Waals surface area contributed by atoms with Crippen LogP contribution in [0.5, 0.6) is 0 Å². The highest BCUT2D eigenvalue weighted by Gasteiger charge is 2.34. The molecule has 0 radical (unpaired) electrons. The van der Waals surface area contributed by atoms with E-state index in [0.717, 1.165) is 43.0 Å². The van der Waals surface area contributed by atoms with E-state index < -0.39 is 27.8 Å². The fourth-order valence-corrected chi connectivity index (χ4v) is 6.20. The van der Waals surface area contributed by atoms with Crippen molar-refractivity contribution in [2.24, 2.45) is 5.92 Å². The van der Waals surface area contributed by atoms with Gasteiger partial charge in [0.25, 0.3) is 5.69 Å². The topological polar surface area (TPSA) is 66.7 Å². The van der Waals surface area contributed by atoms with E-state index >= 15 is 0 Å². The number of benzene rings is 1. The molecule has 2 aliphatic rings. The van der Waals surface area contributed by atoms with Gasteiger partial charge in [-0.05, 0) is 31.7 Å². The molecule has 1 aromatic carbocycles. The number of fused-ring (bicyclic) bond motifs is 1. The van der Waals surface area contributed by atoms with Crippen LogP contribution in [0.2, 0.25) is 0 Å². The van der Waals surface area contributed by atoms with Gasteiger partial charge in [-0.1, -0.05) is 19.3 Å². The summed E-state index contributed by atoms with van der Waals surface area (Å²) in [4.78, 5) is 27.9. The Kier molecular flexibility index (Phi) is 6.44. The molecule has 1 aliphatic carbocycles. The molecule has 10 heteroatoms. The summed E-state index contributed by atoms with van der Waals surface area (Å²) in [6.45, 7) is 5.44. The third-order valence-electron chi connectivity index (χ3n) is 6.56. The van der Waals surface area contributed by atoms with Gasteiger partial charge < -0.3 is 4.90 Å². The summed E-state index contributed by atoms with van der Waals surface area (Å²) in [5, 5.41) is 11.8. The monoisotopic (exact) mass is 469 g/mol. The Balaban J connectivity index is 1.61. The summed E-state index contributed by atoms with van der Waals surface area (Å²) >= 11 is 1.02. The number of rotatable bonds is 4. The summed E-state index contributed by atoms with van der Waals surface area (Å²) < 4.78 is 39.5. The lowest BCUT2D eigenvalue weighted by molar-refractivity contribution is -0.383. The molecule has 1 unspecified atom stereocenters. The highest BCUT2D eigenvalue weighted by atomic mass is 32.1. The molecule has 32 heavy (non-hydrogen) atoms. The van der Waals surface area contributed by atoms with Crippen LogP contribution in [0.15, 0.2) is 23.0 Å². The molecule has 1 aromatic heterocycles. The van der Waals surface area contributed by atoms with Crippen LogP contribution in [0.3, 0.4) is 0 Å². The molecule has 174 valence electrons. The third kappa shape index (κ3) is 4.76. The molecular formula is C22H26F3N3O3S. The van der Waals surface area contributed by atoms with Crippen LogP contribution in [0.4, 0.5) is 23.9 Å². The van der Waals surface area contributed by atoms with Crippen LogP contribution in [0.25, 0.3) is 10.1 Å². The number of alkyl halides is 3. The first-order valence-corrected chi connectivity index (χ1v) is 11.8. The molecule has 2 heterocycles. The van der Waals surface area contributed by atoms with Crippen molar-refractivity contribution in [1.82, 2.24) is 4.90 Å². The Morgan fingerprint density at radius 1 is 1.16 bits per heavy atom. The van der Waals surface area contributed by atoms with Gasteiger partial charge in [-0.3, -0.25) is 19.8 Å². The summed E-state index contributed by atoms with van der Waals surface area (Å²) in [6, 6.07) is 2.66. The Bertz CT molecular complexity index is 1070. The predicted molar refractivity (Wildman–Crippen MR) is 120 cm³/mol. The second-order valence-electron chi connectivity index (χ2n) is 8.88. The standard InChI is InChI=1S/C22H26F3N3O3S/c1-14-12-26(13-15-5-3-2-4-6-15)7-8-27(14)20-11-19(29)17-9-16(22(23,24)25)10-18(28(30)31)21(17)32-20/h9-11,14-15H,2-8,12-13H2,1H3. The highest BCUT2D eigenvalue weighted by molar-refractivity contribution is 7.22. The van der Waals surface area contributed by atoms with E-state index in [9.17, 15) is 28.1 Å². The Morgan fingerprint density at radius 3 is 2.50 bits per heavy atom. The van der Waals surface area contributed by atoms with Gasteiger partial charge >= 0.3 is 6.18 Å². The van der Waals surface area contributed by atoms with Crippen molar-refractivity contribution in [1.29, 1.82) is 0 Å². The van der Waals surface area contributed by atoms with Crippen molar-refractivity contribution in [2.75, 3.05) is 31.1 Å². The second-order valence-corrected chi connectivity index (χ2v) is 9.91. The molecule has 0 bridgehead atoms. The molecule has 1 atom stereocenters. The van der Waals surface area contributed by atoms with E-state index in [4.69, 9.17) is 0 Å². The number of hydrogen-bond donors (Lipinski definition) is 0. The van der Waals surface area contributed by atoms with Crippen molar-refractivity contribution in [2.45, 2.75) is 51.2 Å². The minimum atomic E-state index is -4.77. The van der Waals surface area contributed by atoms with Crippen molar-refractivity contribution >= 4 is 32.1 Å². The molecule has 1 saturated heterocycles. The average molecular weight is 470 g/mol. The number of anilines is 1. The van der Waals surface area contributed by atoms with Gasteiger partial charge in [-0.15, -0.1) is 11.3 Å². The van der Waals surface area contributed by atoms with Crippen LogP contribution in [-0.4, -0.2) is 42.0 Å². The van der Waals surface area contributed by atoms with Crippen LogP contribution in [-0.2, 0) is 6.18 Å². The van der Waals surface area contributed by atoms with Crippen LogP contribution < -0.4 is 10.3 Å². The maximum atomic E-state index is 13.2. The van der Waals surface area contributed by atoms with Gasteiger partial charge in [-0.2, -0.15) is 13.2 Å². The van der Waals surface area contributed by atoms with Crippen molar-refractivity contribution < 1.29 is 18.1 Å². The number of piperazine rings is 1. The smallest absolute Gasteiger partial charge is 0.358 e. The van der Waals surface area contributed by atoms with Crippen molar-refractivity contribution in [3.8, 4) is 0 Å². The molecule has 1 aliphatic heterocycles. The van der Waals surface area contributed by atoms with E-state index in [1.54, 1.807) is 0 Å². The van der Waals surface area contributed by atoms with Gasteiger partial charge in [0.05, 0.1) is 15.5 Å². The number of nitro groups is 1. The molecule has 4 rings (SSSR count). The minimum Gasteiger partial charge on any atom is -0.358 e. The minimum absolute atomic E-state index is 0.0117.